The standard InChI is InChI=1S/C66H56N2O6.Mn/c1-65(2,3)63(71)73-53-35-33-41-21-13-17-29-49(41)55(53)57-51-31-19-15-27-45(51)37-47(61(57)69)39-67-59(43-23-9-7-10-24-43)60(44-25-11-8-12-26-44)68-40-48-38-46-28-16-20-32-52(46)58(62(48)70)56-50-30-18-14-22-42(50)34-36-54(56)74-64(72)66(4,5)6;/h7-40,59-60,69-70H,1-6H3;. The SMILES string of the molecule is CC(C)(C)C(=O)Oc1ccc2ccccc2c1-c1c(O)c(C=NC(c2ccccc2)C(N=Cc2cc3ccccc3c(-c3c(OC(=O)C(C)(C)C)ccc4ccccc34)c2O)c2ccccc2)cc2ccccc12.[Mn]. The van der Waals surface area contributed by atoms with Gasteiger partial charge in [0.15, 0.2) is 0 Å². The molecular formula is C66H56MnN2O6. The first kappa shape index (κ1) is 51.5. The van der Waals surface area contributed by atoms with E-state index in [1.54, 1.807) is 24.6 Å². The van der Waals surface area contributed by atoms with Gasteiger partial charge < -0.3 is 19.7 Å². The van der Waals surface area contributed by atoms with Crippen molar-refractivity contribution in [1.29, 1.82) is 0 Å². The molecule has 2 N–H and O–H groups in total. The number of esters is 2. The van der Waals surface area contributed by atoms with Crippen molar-refractivity contribution in [3.05, 3.63) is 216 Å². The average Bonchev–Trinajstić information content (AvgIpc) is 3.41. The Bertz CT molecular complexity index is 3590. The van der Waals surface area contributed by atoms with Gasteiger partial charge in [0.1, 0.15) is 35.1 Å². The first-order chi connectivity index (χ1) is 35.7. The average molecular weight is 1030 g/mol. The molecule has 9 heteroatoms. The van der Waals surface area contributed by atoms with Crippen LogP contribution in [-0.4, -0.2) is 34.6 Å². The van der Waals surface area contributed by atoms with Gasteiger partial charge in [0.05, 0.1) is 10.8 Å². The molecule has 2 unspecified atom stereocenters. The smallest absolute Gasteiger partial charge is 0.316 e. The van der Waals surface area contributed by atoms with Gasteiger partial charge in [0.2, 0.25) is 0 Å². The maximum Gasteiger partial charge on any atom is 0.316 e. The van der Waals surface area contributed by atoms with Crippen LogP contribution in [0.2, 0.25) is 0 Å². The number of fused-ring (bicyclic) bond motifs is 4. The Morgan fingerprint density at radius 1 is 0.413 bits per heavy atom. The minimum absolute atomic E-state index is 0. The molecule has 8 nitrogen and oxygen atoms in total. The molecule has 2 atom stereocenters. The van der Waals surface area contributed by atoms with E-state index in [0.717, 1.165) is 54.2 Å². The van der Waals surface area contributed by atoms with Crippen molar-refractivity contribution in [3.8, 4) is 45.3 Å². The van der Waals surface area contributed by atoms with Crippen LogP contribution in [0.25, 0.3) is 65.3 Å². The topological polar surface area (TPSA) is 118 Å². The Hall–Kier alpha value is -8.36. The van der Waals surface area contributed by atoms with Gasteiger partial charge in [-0.05, 0) is 120 Å². The second kappa shape index (κ2) is 21.2. The van der Waals surface area contributed by atoms with Crippen LogP contribution in [-0.2, 0) is 26.7 Å². The van der Waals surface area contributed by atoms with Crippen LogP contribution in [0.3, 0.4) is 0 Å². The van der Waals surface area contributed by atoms with Gasteiger partial charge in [-0.25, -0.2) is 0 Å². The molecule has 10 aromatic carbocycles. The molecule has 0 saturated heterocycles. The summed E-state index contributed by atoms with van der Waals surface area (Å²) in [6.07, 6.45) is 3.40. The van der Waals surface area contributed by atoms with E-state index in [-0.39, 0.29) is 28.6 Å². The largest absolute Gasteiger partial charge is 0.507 e. The summed E-state index contributed by atoms with van der Waals surface area (Å²) in [6, 6.07) is 61.2. The van der Waals surface area contributed by atoms with E-state index in [2.05, 4.69) is 0 Å². The summed E-state index contributed by atoms with van der Waals surface area (Å²) in [6.45, 7) is 10.9. The van der Waals surface area contributed by atoms with Crippen molar-refractivity contribution in [2.75, 3.05) is 0 Å². The Morgan fingerprint density at radius 3 is 1.07 bits per heavy atom. The molecule has 0 amide bonds. The normalized spacial score (nSPS) is 12.8. The van der Waals surface area contributed by atoms with Crippen LogP contribution < -0.4 is 9.47 Å². The summed E-state index contributed by atoms with van der Waals surface area (Å²) < 4.78 is 12.4. The quantitative estimate of drug-likeness (QED) is 0.0577. The van der Waals surface area contributed by atoms with Crippen LogP contribution in [0.1, 0.15) is 75.9 Å². The number of hydrogen-bond acceptors (Lipinski definition) is 8. The molecule has 1 radical (unpaired) electrons. The summed E-state index contributed by atoms with van der Waals surface area (Å²) in [5.41, 5.74) is 3.26. The maximum absolute atomic E-state index is 13.5. The molecule has 0 aliphatic carbocycles. The molecule has 0 bridgehead atoms. The molecular weight excluding hydrogens is 972 g/mol. The Balaban J connectivity index is 0.00000689. The van der Waals surface area contributed by atoms with Crippen LogP contribution >= 0.6 is 0 Å². The number of carbonyl (C=O) groups is 2. The van der Waals surface area contributed by atoms with Crippen LogP contribution in [0.15, 0.2) is 204 Å². The Labute approximate surface area is 447 Å². The number of rotatable bonds is 11. The van der Waals surface area contributed by atoms with Gasteiger partial charge in [-0.2, -0.15) is 0 Å². The van der Waals surface area contributed by atoms with Gasteiger partial charge >= 0.3 is 11.9 Å². The fraction of sp³-hybridized carbons (Fsp3) is 0.152. The van der Waals surface area contributed by atoms with E-state index in [0.29, 0.717) is 44.9 Å². The van der Waals surface area contributed by atoms with Crippen molar-refractivity contribution in [1.82, 2.24) is 0 Å². The van der Waals surface area contributed by atoms with E-state index in [9.17, 15) is 19.8 Å². The molecule has 0 heterocycles. The Kier molecular flexibility index (Phi) is 14.6. The number of ether oxygens (including phenoxy) is 2. The number of phenols is 2. The summed E-state index contributed by atoms with van der Waals surface area (Å²) in [7, 11) is 0. The zero-order valence-electron chi connectivity index (χ0n) is 42.6. The zero-order valence-corrected chi connectivity index (χ0v) is 43.8. The molecule has 373 valence electrons. The van der Waals surface area contributed by atoms with Gasteiger partial charge in [-0.3, -0.25) is 19.6 Å². The number of phenolic OH excluding ortho intramolecular Hbond substituents is 2. The van der Waals surface area contributed by atoms with Crippen LogP contribution in [0.5, 0.6) is 23.0 Å². The fourth-order valence-electron chi connectivity index (χ4n) is 9.44. The number of hydrogen-bond donors (Lipinski definition) is 2. The second-order valence-electron chi connectivity index (χ2n) is 20.7. The molecule has 0 spiro atoms. The van der Waals surface area contributed by atoms with E-state index in [4.69, 9.17) is 19.5 Å². The number of aliphatic imine (C=N–C) groups is 2. The van der Waals surface area contributed by atoms with Gasteiger partial charge in [-0.1, -0.05) is 170 Å². The number of carbonyl (C=O) groups excluding carboxylic acids is 2. The van der Waals surface area contributed by atoms with Gasteiger partial charge in [0.25, 0.3) is 0 Å². The van der Waals surface area contributed by atoms with Crippen molar-refractivity contribution in [2.24, 2.45) is 20.8 Å². The van der Waals surface area contributed by atoms with E-state index < -0.39 is 34.9 Å². The van der Waals surface area contributed by atoms with Gasteiger partial charge in [-0.15, -0.1) is 0 Å². The molecule has 10 rings (SSSR count). The third-order valence-electron chi connectivity index (χ3n) is 13.3. The maximum atomic E-state index is 13.5. The van der Waals surface area contributed by atoms with Crippen molar-refractivity contribution < 1.29 is 46.3 Å². The molecule has 10 aromatic rings. The summed E-state index contributed by atoms with van der Waals surface area (Å²) in [4.78, 5) is 37.8. The minimum Gasteiger partial charge on any atom is -0.507 e. The number of nitrogens with zero attached hydrogens (tertiary/aromatic N) is 2. The zero-order chi connectivity index (χ0) is 51.7. The summed E-state index contributed by atoms with van der Waals surface area (Å²) in [5.74, 6) is -0.192. The van der Waals surface area contributed by atoms with Crippen LogP contribution in [0, 0.1) is 10.8 Å². The Morgan fingerprint density at radius 2 is 0.720 bits per heavy atom. The summed E-state index contributed by atoms with van der Waals surface area (Å²) in [5, 5.41) is 32.1. The van der Waals surface area contributed by atoms with E-state index >= 15 is 0 Å². The first-order valence-electron chi connectivity index (χ1n) is 24.8. The predicted octanol–water partition coefficient (Wildman–Crippen LogP) is 16.0. The molecule has 0 fully saturated rings. The predicted molar refractivity (Wildman–Crippen MR) is 301 cm³/mol. The minimum atomic E-state index is -0.788. The number of aromatic hydroxyl groups is 2. The first-order valence-corrected chi connectivity index (χ1v) is 24.8. The van der Waals surface area contributed by atoms with E-state index in [1.807, 2.05) is 224 Å². The summed E-state index contributed by atoms with van der Waals surface area (Å²) >= 11 is 0. The molecule has 0 aliphatic heterocycles. The molecule has 0 aromatic heterocycles. The molecule has 0 saturated carbocycles. The number of benzene rings is 10. The fourth-order valence-corrected chi connectivity index (χ4v) is 9.44. The van der Waals surface area contributed by atoms with Gasteiger partial charge in [0, 0.05) is 62.9 Å². The third-order valence-corrected chi connectivity index (χ3v) is 13.3. The van der Waals surface area contributed by atoms with Crippen molar-refractivity contribution >= 4 is 67.5 Å². The molecule has 0 aliphatic rings. The van der Waals surface area contributed by atoms with Crippen molar-refractivity contribution in [2.45, 2.75) is 53.6 Å². The van der Waals surface area contributed by atoms with E-state index in [1.165, 1.54) is 0 Å². The van der Waals surface area contributed by atoms with Crippen molar-refractivity contribution in [3.63, 3.8) is 0 Å². The monoisotopic (exact) mass is 1030 g/mol. The molecule has 75 heavy (non-hydrogen) atoms. The van der Waals surface area contributed by atoms with Crippen LogP contribution in [0.4, 0.5) is 0 Å². The third kappa shape index (κ3) is 10.4. The second-order valence-corrected chi connectivity index (χ2v) is 20.7.